The number of aromatic nitrogens is 6. The zero-order valence-electron chi connectivity index (χ0n) is 22.8. The van der Waals surface area contributed by atoms with Crippen LogP contribution in [0.15, 0.2) is 79.5 Å². The van der Waals surface area contributed by atoms with Gasteiger partial charge in [0.05, 0.1) is 34.0 Å². The fourth-order valence-corrected chi connectivity index (χ4v) is 6.12. The number of thiophene rings is 2. The van der Waals surface area contributed by atoms with Crippen LogP contribution in [0.4, 0.5) is 5.82 Å². The fourth-order valence-electron chi connectivity index (χ4n) is 3.67. The number of pyridine rings is 2. The summed E-state index contributed by atoms with van der Waals surface area (Å²) in [4.78, 5) is 31.0. The van der Waals surface area contributed by atoms with E-state index in [0.717, 1.165) is 36.9 Å². The quantitative estimate of drug-likeness (QED) is 0.121. The molecule has 0 aliphatic heterocycles. The van der Waals surface area contributed by atoms with Crippen molar-refractivity contribution in [2.45, 2.75) is 19.8 Å². The minimum Gasteiger partial charge on any atom is -0.487 e. The largest absolute Gasteiger partial charge is 0.487 e. The highest BCUT2D eigenvalue weighted by molar-refractivity contribution is 9.10. The van der Waals surface area contributed by atoms with E-state index in [1.165, 1.54) is 9.75 Å². The first kappa shape index (κ1) is 32.5. The van der Waals surface area contributed by atoms with Gasteiger partial charge in [-0.25, -0.2) is 0 Å². The van der Waals surface area contributed by atoms with Gasteiger partial charge in [-0.3, -0.25) is 19.8 Å². The summed E-state index contributed by atoms with van der Waals surface area (Å²) in [6, 6.07) is 14.9. The van der Waals surface area contributed by atoms with Crippen LogP contribution in [0.3, 0.4) is 0 Å². The maximum atomic E-state index is 11.8. The average Bonchev–Trinajstić information content (AvgIpc) is 3.80. The Balaban J connectivity index is 0.000000165. The molecule has 6 aromatic rings. The molecule has 0 aliphatic rings. The molecule has 0 amide bonds. The van der Waals surface area contributed by atoms with Crippen LogP contribution in [-0.2, 0) is 12.8 Å². The first-order valence-electron chi connectivity index (χ1n) is 12.6. The molecule has 6 rings (SSSR count). The van der Waals surface area contributed by atoms with Gasteiger partial charge in [-0.2, -0.15) is 10.2 Å². The van der Waals surface area contributed by atoms with Crippen molar-refractivity contribution in [3.05, 3.63) is 110 Å². The molecule has 224 valence electrons. The average molecular weight is 768 g/mol. The fraction of sp³-hybridized carbons (Fsp3) is 0.143. The zero-order chi connectivity index (χ0) is 30.9. The lowest BCUT2D eigenvalue weighted by Gasteiger charge is -1.96. The second kappa shape index (κ2) is 15.3. The number of nitrogen functional groups attached to an aromatic ring is 1. The second-order valence-electron chi connectivity index (χ2n) is 8.88. The Labute approximate surface area is 276 Å². The van der Waals surface area contributed by atoms with E-state index in [2.05, 4.69) is 69.1 Å². The molecule has 0 atom stereocenters. The maximum absolute atomic E-state index is 11.8. The van der Waals surface area contributed by atoms with Crippen molar-refractivity contribution < 1.29 is 4.74 Å². The third kappa shape index (κ3) is 9.53. The minimum absolute atomic E-state index is 0.152. The molecule has 43 heavy (non-hydrogen) atoms. The highest BCUT2D eigenvalue weighted by Crippen LogP contribution is 2.24. The number of nitrogens with two attached hydrogens (primary N) is 1. The molecule has 6 N–H and O–H groups in total. The molecular formula is C28H26Br2ClN7O3S2. The van der Waals surface area contributed by atoms with Crippen LogP contribution in [0.1, 0.15) is 15.4 Å². The Morgan fingerprint density at radius 2 is 1.58 bits per heavy atom. The first-order valence-corrected chi connectivity index (χ1v) is 16.2. The Hall–Kier alpha value is -3.43. The van der Waals surface area contributed by atoms with E-state index in [1.54, 1.807) is 60.4 Å². The number of rotatable bonds is 6. The van der Waals surface area contributed by atoms with E-state index in [0.29, 0.717) is 28.3 Å². The second-order valence-corrected chi connectivity index (χ2v) is 13.8. The van der Waals surface area contributed by atoms with Crippen molar-refractivity contribution in [2.75, 3.05) is 12.8 Å². The summed E-state index contributed by atoms with van der Waals surface area (Å²) in [5.74, 6) is 0.361. The number of aryl methyl sites for hydroxylation is 3. The van der Waals surface area contributed by atoms with Crippen molar-refractivity contribution in [2.24, 2.45) is 0 Å². The third-order valence-electron chi connectivity index (χ3n) is 5.72. The van der Waals surface area contributed by atoms with Gasteiger partial charge in [0, 0.05) is 42.9 Å². The monoisotopic (exact) mass is 765 g/mol. The molecule has 6 aromatic heterocycles. The zero-order valence-corrected chi connectivity index (χ0v) is 28.4. The molecule has 0 saturated heterocycles. The van der Waals surface area contributed by atoms with E-state index >= 15 is 0 Å². The van der Waals surface area contributed by atoms with E-state index in [1.807, 2.05) is 30.3 Å². The number of ether oxygens (including phenoxy) is 1. The molecule has 0 spiro atoms. The normalized spacial score (nSPS) is 10.4. The summed E-state index contributed by atoms with van der Waals surface area (Å²) in [6.45, 7) is 2.06. The summed E-state index contributed by atoms with van der Waals surface area (Å²) in [7, 11) is 1.69. The van der Waals surface area contributed by atoms with E-state index in [-0.39, 0.29) is 11.1 Å². The standard InChI is InChI=1S/C14H11BrClN3OS.C8H7BrN4O.C6H8OS/c15-8-5-11(14(20)17-7-8)12-6-9(18-19-12)1-2-10-3-4-13(16)21-10;9-4-1-5(8(14)11-3-4)6-2-7(10)13-12-6;1-5-3-4-6(7-2)8-5/h3-7H,1-2H2,(H,17,20)(H,18,19);1-3H,(H,11,14)(H3,10,12,13);3-4H,1-2H3. The summed E-state index contributed by atoms with van der Waals surface area (Å²) >= 11 is 15.8. The molecule has 0 unspecified atom stereocenters. The lowest BCUT2D eigenvalue weighted by atomic mass is 10.1. The van der Waals surface area contributed by atoms with E-state index in [4.69, 9.17) is 22.1 Å². The molecule has 0 aromatic carbocycles. The van der Waals surface area contributed by atoms with Crippen LogP contribution in [0.25, 0.3) is 22.5 Å². The van der Waals surface area contributed by atoms with Crippen LogP contribution >= 0.6 is 66.1 Å². The predicted octanol–water partition coefficient (Wildman–Crippen LogP) is 7.20. The van der Waals surface area contributed by atoms with Gasteiger partial charge in [-0.15, -0.1) is 22.7 Å². The molecule has 15 heteroatoms. The number of nitrogens with zero attached hydrogens (tertiary/aromatic N) is 2. The number of aromatic amines is 4. The van der Waals surface area contributed by atoms with E-state index < -0.39 is 0 Å². The van der Waals surface area contributed by atoms with Crippen molar-refractivity contribution >= 4 is 72.0 Å². The summed E-state index contributed by atoms with van der Waals surface area (Å²) in [5, 5.41) is 14.6. The third-order valence-corrected chi connectivity index (χ3v) is 8.89. The lowest BCUT2D eigenvalue weighted by Crippen LogP contribution is -2.07. The van der Waals surface area contributed by atoms with Gasteiger partial charge >= 0.3 is 0 Å². The van der Waals surface area contributed by atoms with E-state index in [9.17, 15) is 9.59 Å². The number of hydrogen-bond donors (Lipinski definition) is 5. The van der Waals surface area contributed by atoms with Crippen LogP contribution < -0.4 is 21.6 Å². The summed E-state index contributed by atoms with van der Waals surface area (Å²) in [5.41, 5.74) is 8.40. The van der Waals surface area contributed by atoms with Gasteiger partial charge in [0.15, 0.2) is 5.06 Å². The molecule has 0 fully saturated rings. The summed E-state index contributed by atoms with van der Waals surface area (Å²) in [6.07, 6.45) is 4.91. The summed E-state index contributed by atoms with van der Waals surface area (Å²) < 4.78 is 7.36. The Kier molecular flexibility index (Phi) is 11.6. The van der Waals surface area contributed by atoms with Gasteiger partial charge in [-0.05, 0) is 94.1 Å². The molecule has 0 saturated carbocycles. The van der Waals surface area contributed by atoms with Crippen molar-refractivity contribution in [1.82, 2.24) is 30.4 Å². The van der Waals surface area contributed by atoms with Gasteiger partial charge < -0.3 is 20.4 Å². The highest BCUT2D eigenvalue weighted by Gasteiger charge is 2.10. The van der Waals surface area contributed by atoms with Crippen LogP contribution in [0.5, 0.6) is 5.06 Å². The number of nitrogens with one attached hydrogen (secondary N) is 4. The topological polar surface area (TPSA) is 158 Å². The number of hydrogen-bond acceptors (Lipinski definition) is 8. The van der Waals surface area contributed by atoms with Gasteiger partial charge in [0.2, 0.25) is 0 Å². The number of anilines is 1. The maximum Gasteiger partial charge on any atom is 0.257 e. The number of methoxy groups -OCH3 is 1. The lowest BCUT2D eigenvalue weighted by molar-refractivity contribution is 0.427. The highest BCUT2D eigenvalue weighted by atomic mass is 79.9. The van der Waals surface area contributed by atoms with Crippen LogP contribution in [0.2, 0.25) is 4.34 Å². The Morgan fingerprint density at radius 1 is 0.884 bits per heavy atom. The smallest absolute Gasteiger partial charge is 0.257 e. The molecule has 6 heterocycles. The van der Waals surface area contributed by atoms with Crippen molar-refractivity contribution in [3.8, 4) is 27.6 Å². The Bertz CT molecular complexity index is 1910. The van der Waals surface area contributed by atoms with Gasteiger partial charge in [-0.1, -0.05) is 11.6 Å². The first-order chi connectivity index (χ1) is 20.6. The minimum atomic E-state index is -0.183. The number of H-pyrrole nitrogens is 4. The van der Waals surface area contributed by atoms with Crippen LogP contribution in [0, 0.1) is 6.92 Å². The molecule has 10 nitrogen and oxygen atoms in total. The van der Waals surface area contributed by atoms with Crippen molar-refractivity contribution in [1.29, 1.82) is 0 Å². The molecule has 0 radical (unpaired) electrons. The van der Waals surface area contributed by atoms with Gasteiger partial charge in [0.1, 0.15) is 5.82 Å². The SMILES string of the molecule is COc1ccc(C)s1.Nc1cc(-c2cc(Br)c[nH]c2=O)[nH]n1.O=c1[nH]cc(Br)cc1-c1cc(CCc2ccc(Cl)s2)[nH]n1. The molecular weight excluding hydrogens is 742 g/mol. The van der Waals surface area contributed by atoms with Gasteiger partial charge in [0.25, 0.3) is 11.1 Å². The van der Waals surface area contributed by atoms with Crippen LogP contribution in [-0.4, -0.2) is 37.5 Å². The Morgan fingerprint density at radius 3 is 2.14 bits per heavy atom. The molecule has 0 bridgehead atoms. The number of halogens is 3. The predicted molar refractivity (Wildman–Crippen MR) is 181 cm³/mol. The van der Waals surface area contributed by atoms with Crippen molar-refractivity contribution in [3.63, 3.8) is 0 Å². The molecule has 0 aliphatic carbocycles.